The standard InChI is InChI=1S/C13H22N2O4/c1-2-11-9-15(6-7-19-11)13(18)14-5-3-4-10(8-14)12(16)17/h10-11H,2-9H2,1H3,(H,16,17)/t10-,11?/m0/s1. The highest BCUT2D eigenvalue weighted by atomic mass is 16.5. The van der Waals surface area contributed by atoms with Gasteiger partial charge in [0.25, 0.3) is 0 Å². The first-order valence-corrected chi connectivity index (χ1v) is 7.00. The maximum Gasteiger partial charge on any atom is 0.320 e. The second-order valence-electron chi connectivity index (χ2n) is 5.25. The van der Waals surface area contributed by atoms with E-state index in [1.807, 2.05) is 6.92 Å². The molecule has 0 aliphatic carbocycles. The minimum atomic E-state index is -0.800. The van der Waals surface area contributed by atoms with Crippen molar-refractivity contribution in [1.82, 2.24) is 9.80 Å². The first-order valence-electron chi connectivity index (χ1n) is 7.00. The van der Waals surface area contributed by atoms with Gasteiger partial charge in [-0.1, -0.05) is 6.92 Å². The Morgan fingerprint density at radius 3 is 2.68 bits per heavy atom. The zero-order chi connectivity index (χ0) is 13.8. The molecule has 1 N–H and O–H groups in total. The van der Waals surface area contributed by atoms with Gasteiger partial charge >= 0.3 is 12.0 Å². The summed E-state index contributed by atoms with van der Waals surface area (Å²) in [6.07, 6.45) is 2.43. The molecule has 19 heavy (non-hydrogen) atoms. The summed E-state index contributed by atoms with van der Waals surface area (Å²) >= 11 is 0. The van der Waals surface area contributed by atoms with Crippen LogP contribution < -0.4 is 0 Å². The predicted octanol–water partition coefficient (Wildman–Crippen LogP) is 1.01. The molecule has 0 aromatic rings. The summed E-state index contributed by atoms with van der Waals surface area (Å²) in [5.74, 6) is -1.22. The van der Waals surface area contributed by atoms with E-state index >= 15 is 0 Å². The van der Waals surface area contributed by atoms with Crippen molar-refractivity contribution in [3.05, 3.63) is 0 Å². The summed E-state index contributed by atoms with van der Waals surface area (Å²) < 4.78 is 5.55. The van der Waals surface area contributed by atoms with E-state index in [4.69, 9.17) is 9.84 Å². The third-order valence-corrected chi connectivity index (χ3v) is 3.91. The van der Waals surface area contributed by atoms with Gasteiger partial charge in [0, 0.05) is 26.2 Å². The Balaban J connectivity index is 1.93. The molecule has 0 aromatic carbocycles. The van der Waals surface area contributed by atoms with Crippen LogP contribution in [0, 0.1) is 5.92 Å². The van der Waals surface area contributed by atoms with Gasteiger partial charge in [-0.05, 0) is 19.3 Å². The maximum absolute atomic E-state index is 12.4. The number of aliphatic carboxylic acids is 1. The molecule has 6 nitrogen and oxygen atoms in total. The summed E-state index contributed by atoms with van der Waals surface area (Å²) in [5, 5.41) is 9.06. The largest absolute Gasteiger partial charge is 0.481 e. The van der Waals surface area contributed by atoms with Crippen LogP contribution in [0.3, 0.4) is 0 Å². The van der Waals surface area contributed by atoms with Crippen molar-refractivity contribution in [1.29, 1.82) is 0 Å². The fourth-order valence-corrected chi connectivity index (χ4v) is 2.69. The van der Waals surface area contributed by atoms with Crippen LogP contribution in [0.5, 0.6) is 0 Å². The number of amides is 2. The molecule has 2 saturated heterocycles. The molecule has 2 fully saturated rings. The SMILES string of the molecule is CCC1CN(C(=O)N2CCC[C@H](C(=O)O)C2)CCO1. The molecule has 0 radical (unpaired) electrons. The number of likely N-dealkylation sites (tertiary alicyclic amines) is 1. The minimum Gasteiger partial charge on any atom is -0.481 e. The Bertz CT molecular complexity index is 348. The molecular formula is C13H22N2O4. The molecule has 2 rings (SSSR count). The summed E-state index contributed by atoms with van der Waals surface area (Å²) in [6, 6.07) is -0.0345. The Morgan fingerprint density at radius 2 is 2.00 bits per heavy atom. The Morgan fingerprint density at radius 1 is 1.26 bits per heavy atom. The number of urea groups is 1. The Labute approximate surface area is 113 Å². The van der Waals surface area contributed by atoms with Gasteiger partial charge in [0.05, 0.1) is 18.6 Å². The van der Waals surface area contributed by atoms with Crippen molar-refractivity contribution >= 4 is 12.0 Å². The molecule has 2 aliphatic rings. The topological polar surface area (TPSA) is 70.1 Å². The number of carboxylic acids is 1. The van der Waals surface area contributed by atoms with E-state index in [1.165, 1.54) is 0 Å². The zero-order valence-corrected chi connectivity index (χ0v) is 11.4. The first-order chi connectivity index (χ1) is 9.11. The van der Waals surface area contributed by atoms with Gasteiger partial charge in [0.15, 0.2) is 0 Å². The number of hydrogen-bond acceptors (Lipinski definition) is 3. The van der Waals surface area contributed by atoms with Crippen LogP contribution in [0.25, 0.3) is 0 Å². The van der Waals surface area contributed by atoms with Crippen molar-refractivity contribution in [2.75, 3.05) is 32.8 Å². The van der Waals surface area contributed by atoms with Crippen LogP contribution in [0.4, 0.5) is 4.79 Å². The lowest BCUT2D eigenvalue weighted by molar-refractivity contribution is -0.143. The fourth-order valence-electron chi connectivity index (χ4n) is 2.69. The zero-order valence-electron chi connectivity index (χ0n) is 11.4. The van der Waals surface area contributed by atoms with E-state index in [-0.39, 0.29) is 12.1 Å². The third-order valence-electron chi connectivity index (χ3n) is 3.91. The smallest absolute Gasteiger partial charge is 0.320 e. The lowest BCUT2D eigenvalue weighted by Crippen LogP contribution is -2.53. The molecule has 2 amide bonds. The van der Waals surface area contributed by atoms with E-state index in [2.05, 4.69) is 0 Å². The summed E-state index contributed by atoms with van der Waals surface area (Å²) in [4.78, 5) is 26.9. The van der Waals surface area contributed by atoms with Crippen LogP contribution >= 0.6 is 0 Å². The van der Waals surface area contributed by atoms with Crippen LogP contribution in [0.15, 0.2) is 0 Å². The van der Waals surface area contributed by atoms with E-state index in [0.29, 0.717) is 39.2 Å². The van der Waals surface area contributed by atoms with Gasteiger partial charge in [-0.15, -0.1) is 0 Å². The van der Waals surface area contributed by atoms with E-state index in [9.17, 15) is 9.59 Å². The number of carbonyl (C=O) groups is 2. The van der Waals surface area contributed by atoms with Gasteiger partial charge in [0.2, 0.25) is 0 Å². The predicted molar refractivity (Wildman–Crippen MR) is 68.9 cm³/mol. The van der Waals surface area contributed by atoms with Gasteiger partial charge in [0.1, 0.15) is 0 Å². The molecule has 2 atom stereocenters. The number of morpholine rings is 1. The molecule has 0 aromatic heterocycles. The maximum atomic E-state index is 12.4. The monoisotopic (exact) mass is 270 g/mol. The molecule has 1 unspecified atom stereocenters. The Hall–Kier alpha value is -1.30. The molecule has 6 heteroatoms. The minimum absolute atomic E-state index is 0.0345. The quantitative estimate of drug-likeness (QED) is 0.813. The second-order valence-corrected chi connectivity index (χ2v) is 5.25. The highest BCUT2D eigenvalue weighted by Gasteiger charge is 2.32. The highest BCUT2D eigenvalue weighted by molar-refractivity contribution is 5.76. The van der Waals surface area contributed by atoms with Gasteiger partial charge in [-0.25, -0.2) is 4.79 Å². The van der Waals surface area contributed by atoms with E-state index in [1.54, 1.807) is 9.80 Å². The van der Waals surface area contributed by atoms with Crippen molar-refractivity contribution in [3.63, 3.8) is 0 Å². The van der Waals surface area contributed by atoms with Crippen molar-refractivity contribution in [2.24, 2.45) is 5.92 Å². The number of carbonyl (C=O) groups excluding carboxylic acids is 1. The fraction of sp³-hybridized carbons (Fsp3) is 0.846. The van der Waals surface area contributed by atoms with Crippen molar-refractivity contribution in [2.45, 2.75) is 32.3 Å². The molecule has 0 spiro atoms. The van der Waals surface area contributed by atoms with Crippen LogP contribution in [-0.2, 0) is 9.53 Å². The lowest BCUT2D eigenvalue weighted by Gasteiger charge is -2.38. The normalized spacial score (nSPS) is 28.3. The van der Waals surface area contributed by atoms with Gasteiger partial charge in [-0.2, -0.15) is 0 Å². The molecular weight excluding hydrogens is 248 g/mol. The van der Waals surface area contributed by atoms with Gasteiger partial charge < -0.3 is 19.6 Å². The molecule has 108 valence electrons. The molecule has 2 aliphatic heterocycles. The van der Waals surface area contributed by atoms with Crippen molar-refractivity contribution < 1.29 is 19.4 Å². The summed E-state index contributed by atoms with van der Waals surface area (Å²) in [7, 11) is 0. The van der Waals surface area contributed by atoms with Crippen LogP contribution in [0.2, 0.25) is 0 Å². The number of nitrogens with zero attached hydrogens (tertiary/aromatic N) is 2. The second kappa shape index (κ2) is 6.23. The summed E-state index contributed by atoms with van der Waals surface area (Å²) in [6.45, 7) is 4.83. The van der Waals surface area contributed by atoms with Crippen molar-refractivity contribution in [3.8, 4) is 0 Å². The number of rotatable bonds is 2. The number of hydrogen-bond donors (Lipinski definition) is 1. The molecule has 2 heterocycles. The number of carboxylic acid groups (broad SMARTS) is 1. The number of piperidine rings is 1. The lowest BCUT2D eigenvalue weighted by atomic mass is 9.98. The first kappa shape index (κ1) is 14.1. The average Bonchev–Trinajstić information content (AvgIpc) is 2.46. The molecule has 0 saturated carbocycles. The number of ether oxygens (including phenoxy) is 1. The third kappa shape index (κ3) is 3.37. The average molecular weight is 270 g/mol. The van der Waals surface area contributed by atoms with Crippen LogP contribution in [-0.4, -0.2) is 65.8 Å². The van der Waals surface area contributed by atoms with Crippen LogP contribution in [0.1, 0.15) is 26.2 Å². The molecule has 0 bridgehead atoms. The van der Waals surface area contributed by atoms with Gasteiger partial charge in [-0.3, -0.25) is 4.79 Å². The highest BCUT2D eigenvalue weighted by Crippen LogP contribution is 2.19. The summed E-state index contributed by atoms with van der Waals surface area (Å²) in [5.41, 5.74) is 0. The Kier molecular flexibility index (Phi) is 4.63. The van der Waals surface area contributed by atoms with E-state index in [0.717, 1.165) is 12.8 Å². The van der Waals surface area contributed by atoms with E-state index < -0.39 is 11.9 Å².